The maximum Gasteiger partial charge on any atom is 0.310 e. The summed E-state index contributed by atoms with van der Waals surface area (Å²) in [5.74, 6) is -0.158. The molecule has 4 heteroatoms. The Morgan fingerprint density at radius 3 is 3.20 bits per heavy atom. The standard InChI is InChI=1S/C11H14N2O2/c1-15-11(14)9-5-10(13-7-9)8-3-2-4-12-6-8/h2-4,6,9-10,13H,5,7H2,1H3. The molecule has 0 aromatic carbocycles. The number of carbonyl (C=O) groups excluding carboxylic acids is 1. The molecule has 1 saturated heterocycles. The summed E-state index contributed by atoms with van der Waals surface area (Å²) in [6, 6.07) is 4.15. The van der Waals surface area contributed by atoms with Crippen molar-refractivity contribution in [3.8, 4) is 0 Å². The fourth-order valence-electron chi connectivity index (χ4n) is 1.92. The Balaban J connectivity index is 2.02. The summed E-state index contributed by atoms with van der Waals surface area (Å²) in [5, 5.41) is 3.30. The number of hydrogen-bond donors (Lipinski definition) is 1. The van der Waals surface area contributed by atoms with Crippen LogP contribution in [0.4, 0.5) is 0 Å². The van der Waals surface area contributed by atoms with Crippen molar-refractivity contribution in [2.75, 3.05) is 13.7 Å². The Bertz CT molecular complexity index is 340. The first-order chi connectivity index (χ1) is 7.31. The third kappa shape index (κ3) is 2.15. The van der Waals surface area contributed by atoms with Gasteiger partial charge >= 0.3 is 5.97 Å². The number of carbonyl (C=O) groups is 1. The predicted octanol–water partition coefficient (Wildman–Crippen LogP) is 0.905. The van der Waals surface area contributed by atoms with Crippen LogP contribution < -0.4 is 5.32 Å². The van der Waals surface area contributed by atoms with Gasteiger partial charge in [0.1, 0.15) is 0 Å². The van der Waals surface area contributed by atoms with Gasteiger partial charge in [-0.2, -0.15) is 0 Å². The van der Waals surface area contributed by atoms with Crippen molar-refractivity contribution < 1.29 is 9.53 Å². The molecule has 2 unspecified atom stereocenters. The molecule has 15 heavy (non-hydrogen) atoms. The van der Waals surface area contributed by atoms with E-state index in [1.807, 2.05) is 18.3 Å². The van der Waals surface area contributed by atoms with E-state index in [4.69, 9.17) is 4.74 Å². The Labute approximate surface area is 88.7 Å². The number of methoxy groups -OCH3 is 1. The molecule has 1 aliphatic heterocycles. The van der Waals surface area contributed by atoms with Gasteiger partial charge in [-0.15, -0.1) is 0 Å². The van der Waals surface area contributed by atoms with E-state index in [2.05, 4.69) is 10.3 Å². The molecule has 1 fully saturated rings. The van der Waals surface area contributed by atoms with Gasteiger partial charge in [-0.05, 0) is 18.1 Å². The van der Waals surface area contributed by atoms with E-state index in [-0.39, 0.29) is 17.9 Å². The van der Waals surface area contributed by atoms with Gasteiger partial charge in [0.2, 0.25) is 0 Å². The molecule has 1 aromatic heterocycles. The van der Waals surface area contributed by atoms with E-state index in [1.165, 1.54) is 7.11 Å². The summed E-state index contributed by atoms with van der Waals surface area (Å²) >= 11 is 0. The molecule has 80 valence electrons. The maximum atomic E-state index is 11.3. The van der Waals surface area contributed by atoms with Crippen LogP contribution in [0.2, 0.25) is 0 Å². The van der Waals surface area contributed by atoms with Crippen molar-refractivity contribution in [3.05, 3.63) is 30.1 Å². The van der Waals surface area contributed by atoms with Gasteiger partial charge in [-0.1, -0.05) is 6.07 Å². The highest BCUT2D eigenvalue weighted by Crippen LogP contribution is 2.26. The van der Waals surface area contributed by atoms with Gasteiger partial charge in [0.25, 0.3) is 0 Å². The number of esters is 1. The number of hydrogen-bond acceptors (Lipinski definition) is 4. The summed E-state index contributed by atoms with van der Waals surface area (Å²) in [4.78, 5) is 15.4. The lowest BCUT2D eigenvalue weighted by Gasteiger charge is -2.09. The number of aromatic nitrogens is 1. The molecule has 0 saturated carbocycles. The molecule has 0 amide bonds. The van der Waals surface area contributed by atoms with Crippen LogP contribution in [0.3, 0.4) is 0 Å². The van der Waals surface area contributed by atoms with Crippen LogP contribution in [-0.4, -0.2) is 24.6 Å². The highest BCUT2D eigenvalue weighted by molar-refractivity contribution is 5.73. The Hall–Kier alpha value is -1.42. The number of nitrogens with one attached hydrogen (secondary N) is 1. The molecule has 1 aromatic rings. The van der Waals surface area contributed by atoms with E-state index in [0.717, 1.165) is 12.0 Å². The highest BCUT2D eigenvalue weighted by atomic mass is 16.5. The van der Waals surface area contributed by atoms with Gasteiger partial charge < -0.3 is 10.1 Å². The van der Waals surface area contributed by atoms with Crippen LogP contribution in [0.1, 0.15) is 18.0 Å². The molecular formula is C11H14N2O2. The third-order valence-corrected chi connectivity index (χ3v) is 2.75. The van der Waals surface area contributed by atoms with E-state index < -0.39 is 0 Å². The van der Waals surface area contributed by atoms with Gasteiger partial charge in [0, 0.05) is 25.0 Å². The van der Waals surface area contributed by atoms with E-state index >= 15 is 0 Å². The molecule has 0 bridgehead atoms. The molecule has 4 nitrogen and oxygen atoms in total. The van der Waals surface area contributed by atoms with Crippen LogP contribution >= 0.6 is 0 Å². The normalized spacial score (nSPS) is 25.1. The largest absolute Gasteiger partial charge is 0.469 e. The fourth-order valence-corrected chi connectivity index (χ4v) is 1.92. The first-order valence-corrected chi connectivity index (χ1v) is 5.02. The predicted molar refractivity (Wildman–Crippen MR) is 55.1 cm³/mol. The summed E-state index contributed by atoms with van der Waals surface area (Å²) in [6.07, 6.45) is 4.37. The van der Waals surface area contributed by atoms with Crippen LogP contribution in [0.15, 0.2) is 24.5 Å². The Morgan fingerprint density at radius 2 is 2.53 bits per heavy atom. The van der Waals surface area contributed by atoms with Crippen molar-refractivity contribution in [3.63, 3.8) is 0 Å². The van der Waals surface area contributed by atoms with Crippen molar-refractivity contribution in [1.82, 2.24) is 10.3 Å². The van der Waals surface area contributed by atoms with E-state index in [9.17, 15) is 4.79 Å². The molecule has 2 atom stereocenters. The highest BCUT2D eigenvalue weighted by Gasteiger charge is 2.30. The molecule has 0 aliphatic carbocycles. The zero-order valence-corrected chi connectivity index (χ0v) is 8.64. The summed E-state index contributed by atoms with van der Waals surface area (Å²) in [7, 11) is 1.43. The van der Waals surface area contributed by atoms with Crippen LogP contribution in [0.25, 0.3) is 0 Å². The first-order valence-electron chi connectivity index (χ1n) is 5.02. The van der Waals surface area contributed by atoms with Crippen molar-refractivity contribution in [2.24, 2.45) is 5.92 Å². The quantitative estimate of drug-likeness (QED) is 0.731. The van der Waals surface area contributed by atoms with Gasteiger partial charge in [0.05, 0.1) is 13.0 Å². The second kappa shape index (κ2) is 4.40. The minimum absolute atomic E-state index is 0.0276. The van der Waals surface area contributed by atoms with E-state index in [0.29, 0.717) is 6.54 Å². The molecular weight excluding hydrogens is 192 g/mol. The monoisotopic (exact) mass is 206 g/mol. The summed E-state index contributed by atoms with van der Waals surface area (Å²) < 4.78 is 4.72. The summed E-state index contributed by atoms with van der Waals surface area (Å²) in [5.41, 5.74) is 1.13. The van der Waals surface area contributed by atoms with Crippen LogP contribution in [0, 0.1) is 5.92 Å². The lowest BCUT2D eigenvalue weighted by atomic mass is 10.0. The topological polar surface area (TPSA) is 51.2 Å². The van der Waals surface area contributed by atoms with Gasteiger partial charge in [-0.25, -0.2) is 0 Å². The smallest absolute Gasteiger partial charge is 0.310 e. The van der Waals surface area contributed by atoms with Crippen molar-refractivity contribution in [2.45, 2.75) is 12.5 Å². The second-order valence-electron chi connectivity index (χ2n) is 3.70. The molecule has 2 rings (SSSR count). The molecule has 0 radical (unpaired) electrons. The Morgan fingerprint density at radius 1 is 1.67 bits per heavy atom. The van der Waals surface area contributed by atoms with Gasteiger partial charge in [-0.3, -0.25) is 9.78 Å². The van der Waals surface area contributed by atoms with Crippen LogP contribution in [-0.2, 0) is 9.53 Å². The first kappa shape index (κ1) is 10.1. The van der Waals surface area contributed by atoms with Crippen LogP contribution in [0.5, 0.6) is 0 Å². The number of pyridine rings is 1. The second-order valence-corrected chi connectivity index (χ2v) is 3.70. The fraction of sp³-hybridized carbons (Fsp3) is 0.455. The zero-order valence-electron chi connectivity index (χ0n) is 8.64. The van der Waals surface area contributed by atoms with Crippen molar-refractivity contribution in [1.29, 1.82) is 0 Å². The maximum absolute atomic E-state index is 11.3. The molecule has 2 heterocycles. The average molecular weight is 206 g/mol. The number of ether oxygens (including phenoxy) is 1. The van der Waals surface area contributed by atoms with Gasteiger partial charge in [0.15, 0.2) is 0 Å². The Kier molecular flexibility index (Phi) is 2.97. The minimum atomic E-state index is -0.131. The number of nitrogens with zero attached hydrogens (tertiary/aromatic N) is 1. The van der Waals surface area contributed by atoms with Crippen molar-refractivity contribution >= 4 is 5.97 Å². The zero-order chi connectivity index (χ0) is 10.7. The third-order valence-electron chi connectivity index (χ3n) is 2.75. The van der Waals surface area contributed by atoms with E-state index in [1.54, 1.807) is 6.20 Å². The lowest BCUT2D eigenvalue weighted by Crippen LogP contribution is -2.19. The molecule has 1 N–H and O–H groups in total. The minimum Gasteiger partial charge on any atom is -0.469 e. The summed E-state index contributed by atoms with van der Waals surface area (Å²) in [6.45, 7) is 0.687. The average Bonchev–Trinajstić information content (AvgIpc) is 2.78. The number of rotatable bonds is 2. The lowest BCUT2D eigenvalue weighted by molar-refractivity contribution is -0.144. The molecule has 0 spiro atoms. The molecule has 1 aliphatic rings. The SMILES string of the molecule is COC(=O)C1CNC(c2cccnc2)C1.